The Morgan fingerprint density at radius 1 is 1.24 bits per heavy atom. The van der Waals surface area contributed by atoms with Crippen LogP contribution in [0.25, 0.3) is 0 Å². The molecule has 2 amide bonds. The Bertz CT molecular complexity index is 272. The van der Waals surface area contributed by atoms with Crippen LogP contribution in [0.3, 0.4) is 0 Å². The topological polar surface area (TPSA) is 58.2 Å². The van der Waals surface area contributed by atoms with E-state index >= 15 is 0 Å². The maximum Gasteiger partial charge on any atom is 0.234 e. The molecule has 1 unspecified atom stereocenters. The van der Waals surface area contributed by atoms with Gasteiger partial charge in [0.05, 0.1) is 4.83 Å². The fourth-order valence-corrected chi connectivity index (χ4v) is 1.34. The summed E-state index contributed by atoms with van der Waals surface area (Å²) >= 11 is 3.31. The Morgan fingerprint density at radius 3 is 2.18 bits per heavy atom. The van der Waals surface area contributed by atoms with E-state index in [1.165, 1.54) is 0 Å². The third-order valence-corrected chi connectivity index (χ3v) is 3.47. The van der Waals surface area contributed by atoms with Gasteiger partial charge in [0.15, 0.2) is 0 Å². The van der Waals surface area contributed by atoms with Crippen molar-refractivity contribution in [3.8, 4) is 0 Å². The second-order valence-corrected chi connectivity index (χ2v) is 6.47. The molecule has 0 aliphatic rings. The average molecular weight is 307 g/mol. The molecule has 0 radical (unpaired) electrons. The van der Waals surface area contributed by atoms with Crippen molar-refractivity contribution in [3.05, 3.63) is 0 Å². The van der Waals surface area contributed by atoms with E-state index in [9.17, 15) is 9.59 Å². The van der Waals surface area contributed by atoms with E-state index in [0.717, 1.165) is 0 Å². The van der Waals surface area contributed by atoms with Gasteiger partial charge in [-0.15, -0.1) is 0 Å². The van der Waals surface area contributed by atoms with Gasteiger partial charge < -0.3 is 10.6 Å². The molecule has 0 aromatic rings. The summed E-state index contributed by atoms with van der Waals surface area (Å²) in [5.41, 5.74) is -0.225. The molecule has 0 saturated heterocycles. The predicted molar refractivity (Wildman–Crippen MR) is 73.1 cm³/mol. The van der Waals surface area contributed by atoms with Crippen LogP contribution < -0.4 is 10.6 Å². The van der Waals surface area contributed by atoms with E-state index in [1.54, 1.807) is 0 Å². The molecule has 17 heavy (non-hydrogen) atoms. The molecule has 2 N–H and O–H groups in total. The lowest BCUT2D eigenvalue weighted by Gasteiger charge is -2.20. The summed E-state index contributed by atoms with van der Waals surface area (Å²) in [6.07, 6.45) is 0.306. The Balaban J connectivity index is 3.85. The number of carbonyl (C=O) groups is 2. The number of hydrogen-bond acceptors (Lipinski definition) is 2. The summed E-state index contributed by atoms with van der Waals surface area (Å²) in [4.78, 5) is 22.8. The fourth-order valence-electron chi connectivity index (χ4n) is 1.18. The monoisotopic (exact) mass is 306 g/mol. The van der Waals surface area contributed by atoms with Gasteiger partial charge in [-0.1, -0.05) is 29.8 Å². The highest BCUT2D eigenvalue weighted by atomic mass is 79.9. The third kappa shape index (κ3) is 8.18. The molecular formula is C12H23BrN2O2. The summed E-state index contributed by atoms with van der Waals surface area (Å²) in [5, 5.41) is 5.58. The zero-order valence-electron chi connectivity index (χ0n) is 11.3. The lowest BCUT2D eigenvalue weighted by molar-refractivity contribution is -0.123. The van der Waals surface area contributed by atoms with E-state index < -0.39 is 0 Å². The third-order valence-electron chi connectivity index (χ3n) is 2.00. The van der Waals surface area contributed by atoms with Crippen molar-refractivity contribution < 1.29 is 9.59 Å². The zero-order chi connectivity index (χ0) is 13.6. The van der Waals surface area contributed by atoms with Crippen LogP contribution in [0.4, 0.5) is 0 Å². The van der Waals surface area contributed by atoms with Gasteiger partial charge in [0.25, 0.3) is 0 Å². The quantitative estimate of drug-likeness (QED) is 0.761. The molecule has 0 saturated carbocycles. The van der Waals surface area contributed by atoms with Gasteiger partial charge in [-0.2, -0.15) is 0 Å². The number of alkyl halides is 1. The van der Waals surface area contributed by atoms with Crippen LogP contribution in [0, 0.1) is 5.92 Å². The highest BCUT2D eigenvalue weighted by molar-refractivity contribution is 9.10. The number of carbonyl (C=O) groups excluding carboxylic acids is 2. The van der Waals surface area contributed by atoms with E-state index in [-0.39, 0.29) is 28.1 Å². The molecule has 1 atom stereocenters. The Hall–Kier alpha value is -0.580. The molecule has 4 nitrogen and oxygen atoms in total. The first-order valence-electron chi connectivity index (χ1n) is 5.86. The molecule has 0 aliphatic carbocycles. The summed E-state index contributed by atoms with van der Waals surface area (Å²) in [6, 6.07) is 0. The number of nitrogens with one attached hydrogen (secondary N) is 2. The van der Waals surface area contributed by atoms with Crippen molar-refractivity contribution in [1.29, 1.82) is 0 Å². The Kier molecular flexibility index (Phi) is 6.75. The maximum atomic E-state index is 11.6. The van der Waals surface area contributed by atoms with Crippen molar-refractivity contribution in [2.45, 2.75) is 51.4 Å². The number of rotatable bonds is 5. The van der Waals surface area contributed by atoms with E-state index in [1.807, 2.05) is 34.6 Å². The van der Waals surface area contributed by atoms with Crippen LogP contribution in [-0.2, 0) is 9.59 Å². The highest BCUT2D eigenvalue weighted by Crippen LogP contribution is 2.11. The summed E-state index contributed by atoms with van der Waals surface area (Å²) in [7, 11) is 0. The van der Waals surface area contributed by atoms with Gasteiger partial charge in [0.2, 0.25) is 11.8 Å². The minimum Gasteiger partial charge on any atom is -0.355 e. The van der Waals surface area contributed by atoms with E-state index in [4.69, 9.17) is 0 Å². The summed E-state index contributed by atoms with van der Waals surface area (Å²) in [6.45, 7) is 10.1. The molecular weight excluding hydrogens is 284 g/mol. The van der Waals surface area contributed by atoms with Crippen LogP contribution >= 0.6 is 15.9 Å². The van der Waals surface area contributed by atoms with E-state index in [0.29, 0.717) is 13.0 Å². The largest absolute Gasteiger partial charge is 0.355 e. The second-order valence-electron chi connectivity index (χ2n) is 5.48. The lowest BCUT2D eigenvalue weighted by atomic mass is 10.1. The van der Waals surface area contributed by atoms with Crippen LogP contribution in [0.5, 0.6) is 0 Å². The molecule has 0 bridgehead atoms. The first kappa shape index (κ1) is 16.4. The minimum absolute atomic E-state index is 0.0477. The van der Waals surface area contributed by atoms with Crippen molar-refractivity contribution in [2.24, 2.45) is 5.92 Å². The van der Waals surface area contributed by atoms with Gasteiger partial charge in [-0.3, -0.25) is 9.59 Å². The molecule has 0 rings (SSSR count). The van der Waals surface area contributed by atoms with Crippen LogP contribution in [0.1, 0.15) is 41.0 Å². The van der Waals surface area contributed by atoms with Gasteiger partial charge in [0.1, 0.15) is 0 Å². The Morgan fingerprint density at radius 2 is 1.76 bits per heavy atom. The highest BCUT2D eigenvalue weighted by Gasteiger charge is 2.18. The molecule has 5 heteroatoms. The van der Waals surface area contributed by atoms with E-state index in [2.05, 4.69) is 26.6 Å². The van der Waals surface area contributed by atoms with Gasteiger partial charge in [-0.05, 0) is 26.7 Å². The molecule has 0 aromatic carbocycles. The fraction of sp³-hybridized carbons (Fsp3) is 0.833. The van der Waals surface area contributed by atoms with Crippen molar-refractivity contribution in [2.75, 3.05) is 6.54 Å². The maximum absolute atomic E-state index is 11.6. The summed E-state index contributed by atoms with van der Waals surface area (Å²) < 4.78 is 0. The molecule has 0 aromatic heterocycles. The lowest BCUT2D eigenvalue weighted by Crippen LogP contribution is -2.42. The number of amides is 2. The molecule has 0 fully saturated rings. The number of halogens is 1. The van der Waals surface area contributed by atoms with Crippen LogP contribution in [0.15, 0.2) is 0 Å². The van der Waals surface area contributed by atoms with Crippen molar-refractivity contribution >= 4 is 27.7 Å². The zero-order valence-corrected chi connectivity index (χ0v) is 12.8. The molecule has 100 valence electrons. The molecule has 0 spiro atoms. The average Bonchev–Trinajstić information content (AvgIpc) is 2.13. The number of hydrogen-bond donors (Lipinski definition) is 2. The normalized spacial score (nSPS) is 13.4. The molecule has 0 heterocycles. The van der Waals surface area contributed by atoms with Crippen molar-refractivity contribution in [1.82, 2.24) is 10.6 Å². The van der Waals surface area contributed by atoms with Crippen molar-refractivity contribution in [3.63, 3.8) is 0 Å². The van der Waals surface area contributed by atoms with Gasteiger partial charge in [-0.25, -0.2) is 0 Å². The standard InChI is InChI=1S/C12H23BrN2O2/c1-8(2)10(13)11(17)14-7-6-9(16)15-12(3,4)5/h8,10H,6-7H2,1-5H3,(H,14,17)(H,15,16). The Labute approximate surface area is 112 Å². The first-order chi connectivity index (χ1) is 7.63. The predicted octanol–water partition coefficient (Wildman–Crippen LogP) is 1.83. The molecule has 0 aliphatic heterocycles. The first-order valence-corrected chi connectivity index (χ1v) is 6.78. The SMILES string of the molecule is CC(C)C(Br)C(=O)NCCC(=O)NC(C)(C)C. The van der Waals surface area contributed by atoms with Crippen LogP contribution in [0.2, 0.25) is 0 Å². The smallest absolute Gasteiger partial charge is 0.234 e. The minimum atomic E-state index is -0.225. The van der Waals surface area contributed by atoms with Crippen LogP contribution in [-0.4, -0.2) is 28.7 Å². The van der Waals surface area contributed by atoms with Gasteiger partial charge in [0, 0.05) is 18.5 Å². The van der Waals surface area contributed by atoms with Gasteiger partial charge >= 0.3 is 0 Å². The second kappa shape index (κ2) is 6.99. The summed E-state index contributed by atoms with van der Waals surface area (Å²) in [5.74, 6) is 0.121.